The number of hydrogen-bond donors (Lipinski definition) is 1. The van der Waals surface area contributed by atoms with Crippen LogP contribution in [-0.2, 0) is 0 Å². The number of phenolic OH excluding ortho intramolecular Hbond substituents is 1. The molecule has 0 atom stereocenters. The zero-order valence-corrected chi connectivity index (χ0v) is 9.22. The van der Waals surface area contributed by atoms with Crippen LogP contribution in [0.2, 0.25) is 0 Å². The second-order valence-corrected chi connectivity index (χ2v) is 3.64. The Morgan fingerprint density at radius 3 is 2.31 bits per heavy atom. The van der Waals surface area contributed by atoms with Crippen LogP contribution in [0.4, 0.5) is 0 Å². The van der Waals surface area contributed by atoms with Gasteiger partial charge in [0, 0.05) is 5.56 Å². The van der Waals surface area contributed by atoms with Crippen LogP contribution < -0.4 is 0 Å². The van der Waals surface area contributed by atoms with Crippen molar-refractivity contribution in [3.05, 3.63) is 60.2 Å². The van der Waals surface area contributed by atoms with Crippen LogP contribution >= 0.6 is 0 Å². The molecule has 2 aromatic carbocycles. The van der Waals surface area contributed by atoms with E-state index in [1.54, 1.807) is 6.07 Å². The van der Waals surface area contributed by atoms with Crippen LogP contribution in [0.1, 0.15) is 12.5 Å². The molecule has 2 rings (SSSR count). The SMILES string of the molecule is C/C=C/c1ccc(-c2ccccc2)cc1O. The fourth-order valence-electron chi connectivity index (χ4n) is 1.67. The summed E-state index contributed by atoms with van der Waals surface area (Å²) in [5.41, 5.74) is 3.00. The minimum Gasteiger partial charge on any atom is -0.507 e. The van der Waals surface area contributed by atoms with E-state index in [9.17, 15) is 5.11 Å². The lowest BCUT2D eigenvalue weighted by Crippen LogP contribution is -1.79. The highest BCUT2D eigenvalue weighted by molar-refractivity contribution is 5.69. The molecule has 0 spiro atoms. The van der Waals surface area contributed by atoms with E-state index in [0.29, 0.717) is 5.75 Å². The average molecular weight is 210 g/mol. The quantitative estimate of drug-likeness (QED) is 0.791. The van der Waals surface area contributed by atoms with Gasteiger partial charge in [0.05, 0.1) is 0 Å². The van der Waals surface area contributed by atoms with Gasteiger partial charge in [-0.1, -0.05) is 54.6 Å². The second kappa shape index (κ2) is 4.67. The van der Waals surface area contributed by atoms with E-state index in [-0.39, 0.29) is 0 Å². The number of benzene rings is 2. The molecule has 0 unspecified atom stereocenters. The third-order valence-corrected chi connectivity index (χ3v) is 2.48. The minimum atomic E-state index is 0.319. The third kappa shape index (κ3) is 2.14. The van der Waals surface area contributed by atoms with Crippen molar-refractivity contribution in [2.75, 3.05) is 0 Å². The van der Waals surface area contributed by atoms with Gasteiger partial charge in [0.15, 0.2) is 0 Å². The average Bonchev–Trinajstić information content (AvgIpc) is 2.33. The topological polar surface area (TPSA) is 20.2 Å². The summed E-state index contributed by atoms with van der Waals surface area (Å²) in [4.78, 5) is 0. The van der Waals surface area contributed by atoms with Crippen LogP contribution in [0, 0.1) is 0 Å². The first kappa shape index (κ1) is 10.5. The molecule has 0 saturated heterocycles. The van der Waals surface area contributed by atoms with Crippen molar-refractivity contribution in [3.63, 3.8) is 0 Å². The summed E-state index contributed by atoms with van der Waals surface area (Å²) in [6.07, 6.45) is 3.81. The summed E-state index contributed by atoms with van der Waals surface area (Å²) in [5, 5.41) is 9.83. The smallest absolute Gasteiger partial charge is 0.123 e. The molecule has 0 fully saturated rings. The summed E-state index contributed by atoms with van der Waals surface area (Å²) in [6.45, 7) is 1.94. The molecule has 16 heavy (non-hydrogen) atoms. The summed E-state index contributed by atoms with van der Waals surface area (Å²) < 4.78 is 0. The number of hydrogen-bond acceptors (Lipinski definition) is 1. The summed E-state index contributed by atoms with van der Waals surface area (Å²) in [7, 11) is 0. The van der Waals surface area contributed by atoms with Crippen LogP contribution in [0.5, 0.6) is 5.75 Å². The molecule has 0 aliphatic heterocycles. The van der Waals surface area contributed by atoms with Gasteiger partial charge in [-0.3, -0.25) is 0 Å². The number of rotatable bonds is 2. The first-order valence-electron chi connectivity index (χ1n) is 5.32. The van der Waals surface area contributed by atoms with Gasteiger partial charge < -0.3 is 5.11 Å². The summed E-state index contributed by atoms with van der Waals surface area (Å²) in [6, 6.07) is 15.8. The Balaban J connectivity index is 2.42. The van der Waals surface area contributed by atoms with Gasteiger partial charge in [0.2, 0.25) is 0 Å². The maximum atomic E-state index is 9.83. The molecule has 0 heterocycles. The van der Waals surface area contributed by atoms with Gasteiger partial charge in [-0.2, -0.15) is 0 Å². The number of phenols is 1. The van der Waals surface area contributed by atoms with E-state index in [1.807, 2.05) is 61.5 Å². The molecule has 1 N–H and O–H groups in total. The molecular weight excluding hydrogens is 196 g/mol. The molecule has 1 nitrogen and oxygen atoms in total. The molecule has 1 heteroatoms. The van der Waals surface area contributed by atoms with Crippen molar-refractivity contribution >= 4 is 6.08 Å². The van der Waals surface area contributed by atoms with Gasteiger partial charge in [-0.15, -0.1) is 0 Å². The van der Waals surface area contributed by atoms with Crippen molar-refractivity contribution in [2.24, 2.45) is 0 Å². The van der Waals surface area contributed by atoms with E-state index < -0.39 is 0 Å². The monoisotopic (exact) mass is 210 g/mol. The Morgan fingerprint density at radius 2 is 1.69 bits per heavy atom. The second-order valence-electron chi connectivity index (χ2n) is 3.64. The van der Waals surface area contributed by atoms with E-state index in [4.69, 9.17) is 0 Å². The van der Waals surface area contributed by atoms with E-state index in [1.165, 1.54) is 0 Å². The zero-order valence-electron chi connectivity index (χ0n) is 9.22. The first-order chi connectivity index (χ1) is 7.81. The zero-order chi connectivity index (χ0) is 11.4. The van der Waals surface area contributed by atoms with Gasteiger partial charge in [0.1, 0.15) is 5.75 Å². The summed E-state index contributed by atoms with van der Waals surface area (Å²) in [5.74, 6) is 0.319. The lowest BCUT2D eigenvalue weighted by Gasteiger charge is -2.04. The van der Waals surface area contributed by atoms with Crippen molar-refractivity contribution < 1.29 is 5.11 Å². The minimum absolute atomic E-state index is 0.319. The molecule has 0 saturated carbocycles. The normalized spacial score (nSPS) is 10.8. The summed E-state index contributed by atoms with van der Waals surface area (Å²) >= 11 is 0. The molecule has 0 bridgehead atoms. The Kier molecular flexibility index (Phi) is 3.06. The fourth-order valence-corrected chi connectivity index (χ4v) is 1.67. The van der Waals surface area contributed by atoms with Gasteiger partial charge in [0.25, 0.3) is 0 Å². The molecular formula is C15H14O. The predicted molar refractivity (Wildman–Crippen MR) is 68.3 cm³/mol. The molecule has 0 aliphatic rings. The highest BCUT2D eigenvalue weighted by Gasteiger charge is 2.01. The third-order valence-electron chi connectivity index (χ3n) is 2.48. The van der Waals surface area contributed by atoms with Gasteiger partial charge in [-0.05, 0) is 24.1 Å². The molecule has 0 aliphatic carbocycles. The Morgan fingerprint density at radius 1 is 0.938 bits per heavy atom. The van der Waals surface area contributed by atoms with Crippen molar-refractivity contribution in [3.8, 4) is 16.9 Å². The molecule has 80 valence electrons. The molecule has 0 radical (unpaired) electrons. The van der Waals surface area contributed by atoms with Crippen molar-refractivity contribution in [2.45, 2.75) is 6.92 Å². The van der Waals surface area contributed by atoms with Crippen molar-refractivity contribution in [1.82, 2.24) is 0 Å². The maximum absolute atomic E-state index is 9.83. The van der Waals surface area contributed by atoms with E-state index >= 15 is 0 Å². The van der Waals surface area contributed by atoms with Crippen LogP contribution in [0.3, 0.4) is 0 Å². The predicted octanol–water partition coefficient (Wildman–Crippen LogP) is 4.09. The van der Waals surface area contributed by atoms with Crippen LogP contribution in [0.25, 0.3) is 17.2 Å². The van der Waals surface area contributed by atoms with E-state index in [0.717, 1.165) is 16.7 Å². The molecule has 0 aromatic heterocycles. The number of aromatic hydroxyl groups is 1. The Hall–Kier alpha value is -2.02. The van der Waals surface area contributed by atoms with Gasteiger partial charge >= 0.3 is 0 Å². The highest BCUT2D eigenvalue weighted by atomic mass is 16.3. The van der Waals surface area contributed by atoms with Crippen LogP contribution in [-0.4, -0.2) is 5.11 Å². The van der Waals surface area contributed by atoms with Gasteiger partial charge in [-0.25, -0.2) is 0 Å². The Labute approximate surface area is 95.7 Å². The lowest BCUT2D eigenvalue weighted by atomic mass is 10.0. The van der Waals surface area contributed by atoms with Crippen LogP contribution in [0.15, 0.2) is 54.6 Å². The van der Waals surface area contributed by atoms with E-state index in [2.05, 4.69) is 0 Å². The lowest BCUT2D eigenvalue weighted by molar-refractivity contribution is 0.474. The first-order valence-corrected chi connectivity index (χ1v) is 5.32. The fraction of sp³-hybridized carbons (Fsp3) is 0.0667. The molecule has 0 amide bonds. The largest absolute Gasteiger partial charge is 0.507 e. The van der Waals surface area contributed by atoms with Crippen molar-refractivity contribution in [1.29, 1.82) is 0 Å². The molecule has 2 aromatic rings. The number of allylic oxidation sites excluding steroid dienone is 1. The maximum Gasteiger partial charge on any atom is 0.123 e. The highest BCUT2D eigenvalue weighted by Crippen LogP contribution is 2.26. The Bertz CT molecular complexity index is 498. The standard InChI is InChI=1S/C15H14O/c1-2-6-13-9-10-14(11-15(13)16)12-7-4-3-5-8-12/h2-11,16H,1H3/b6-2+.